The van der Waals surface area contributed by atoms with Crippen LogP contribution >= 0.6 is 0 Å². The third-order valence-corrected chi connectivity index (χ3v) is 7.15. The van der Waals surface area contributed by atoms with E-state index in [1.807, 2.05) is 12.1 Å². The van der Waals surface area contributed by atoms with Crippen LogP contribution < -0.4 is 20.1 Å². The molecule has 1 aliphatic heterocycles. The maximum atomic E-state index is 13.0. The lowest BCUT2D eigenvalue weighted by molar-refractivity contribution is -0.121. The van der Waals surface area contributed by atoms with Gasteiger partial charge in [0.15, 0.2) is 16.4 Å². The fourth-order valence-electron chi connectivity index (χ4n) is 3.13. The largest absolute Gasteiger partial charge is 0.497 e. The molecule has 1 heterocycles. The second-order valence-corrected chi connectivity index (χ2v) is 9.47. The Labute approximate surface area is 175 Å². The molecule has 1 atom stereocenters. The molecule has 2 aromatic carbocycles. The van der Waals surface area contributed by atoms with Crippen LogP contribution in [0.1, 0.15) is 24.5 Å². The quantitative estimate of drug-likeness (QED) is 0.694. The summed E-state index contributed by atoms with van der Waals surface area (Å²) in [6.07, 6.45) is -0.174. The second kappa shape index (κ2) is 8.74. The predicted octanol–water partition coefficient (Wildman–Crippen LogP) is 2.20. The van der Waals surface area contributed by atoms with Crippen LogP contribution in [0, 0.1) is 6.92 Å². The van der Waals surface area contributed by atoms with Crippen molar-refractivity contribution in [3.05, 3.63) is 47.5 Å². The average Bonchev–Trinajstić information content (AvgIpc) is 2.71. The molecule has 0 radical (unpaired) electrons. The molecule has 0 bridgehead atoms. The zero-order chi connectivity index (χ0) is 21.9. The number of anilines is 1. The molecule has 30 heavy (non-hydrogen) atoms. The number of rotatable bonds is 7. The molecule has 2 aromatic rings. The monoisotopic (exact) mass is 432 g/mol. The first-order chi connectivity index (χ1) is 14.2. The molecule has 0 saturated heterocycles. The van der Waals surface area contributed by atoms with Gasteiger partial charge in [-0.3, -0.25) is 9.59 Å². The van der Waals surface area contributed by atoms with Gasteiger partial charge in [0.1, 0.15) is 11.5 Å². The second-order valence-electron chi connectivity index (χ2n) is 7.14. The number of hydrogen-bond acceptors (Lipinski definition) is 6. The first kappa shape index (κ1) is 21.6. The number of nitrogens with one attached hydrogen (secondary N) is 2. The summed E-state index contributed by atoms with van der Waals surface area (Å²) < 4.78 is 36.5. The first-order valence-corrected chi connectivity index (χ1v) is 11.0. The Bertz CT molecular complexity index is 1060. The molecule has 8 nitrogen and oxygen atoms in total. The maximum absolute atomic E-state index is 13.0. The number of carbonyl (C=O) groups is 2. The third kappa shape index (κ3) is 4.73. The Kier molecular flexibility index (Phi) is 6.31. The van der Waals surface area contributed by atoms with Crippen LogP contribution in [0.3, 0.4) is 0 Å². The van der Waals surface area contributed by atoms with Crippen LogP contribution in [-0.2, 0) is 26.0 Å². The Hall–Kier alpha value is -3.07. The van der Waals surface area contributed by atoms with E-state index in [2.05, 4.69) is 10.6 Å². The fraction of sp³-hybridized carbons (Fsp3) is 0.333. The summed E-state index contributed by atoms with van der Waals surface area (Å²) in [5, 5.41) is 4.47. The lowest BCUT2D eigenvalue weighted by Crippen LogP contribution is -2.30. The van der Waals surface area contributed by atoms with Crippen molar-refractivity contribution in [1.29, 1.82) is 0 Å². The average molecular weight is 432 g/mol. The van der Waals surface area contributed by atoms with Crippen molar-refractivity contribution >= 4 is 27.3 Å². The number of carbonyl (C=O) groups excluding carboxylic acids is 2. The third-order valence-electron chi connectivity index (χ3n) is 4.87. The smallest absolute Gasteiger partial charge is 0.262 e. The van der Waals surface area contributed by atoms with Crippen molar-refractivity contribution < 1.29 is 27.5 Å². The van der Waals surface area contributed by atoms with Crippen molar-refractivity contribution in [3.63, 3.8) is 0 Å². The molecule has 0 spiro atoms. The highest BCUT2D eigenvalue weighted by Gasteiger charge is 2.29. The molecule has 3 rings (SSSR count). The van der Waals surface area contributed by atoms with Crippen LogP contribution in [0.15, 0.2) is 41.3 Å². The highest BCUT2D eigenvalue weighted by atomic mass is 32.2. The minimum absolute atomic E-state index is 0.0906. The lowest BCUT2D eigenvalue weighted by Gasteiger charge is -2.21. The topological polar surface area (TPSA) is 111 Å². The molecular weight excluding hydrogens is 408 g/mol. The molecule has 2 N–H and O–H groups in total. The number of methoxy groups -OCH3 is 1. The van der Waals surface area contributed by atoms with E-state index in [0.717, 1.165) is 5.56 Å². The first-order valence-electron chi connectivity index (χ1n) is 9.41. The minimum Gasteiger partial charge on any atom is -0.497 e. The summed E-state index contributed by atoms with van der Waals surface area (Å²) in [7, 11) is -2.20. The Morgan fingerprint density at radius 3 is 2.63 bits per heavy atom. The highest BCUT2D eigenvalue weighted by molar-refractivity contribution is 7.92. The molecule has 0 aliphatic carbocycles. The Balaban J connectivity index is 1.67. The number of aryl methyl sites for hydroxylation is 1. The van der Waals surface area contributed by atoms with Crippen molar-refractivity contribution in [1.82, 2.24) is 5.32 Å². The van der Waals surface area contributed by atoms with Crippen molar-refractivity contribution in [3.8, 4) is 11.5 Å². The zero-order valence-electron chi connectivity index (χ0n) is 17.0. The summed E-state index contributed by atoms with van der Waals surface area (Å²) in [5.74, 6) is 0.365. The van der Waals surface area contributed by atoms with Gasteiger partial charge in [-0.2, -0.15) is 0 Å². The summed E-state index contributed by atoms with van der Waals surface area (Å²) in [6.45, 7) is 3.27. The number of fused-ring (bicyclic) bond motifs is 1. The SMILES string of the molecule is COc1ccc(CNC(=O)C[C@@H](C)S(=O)(=O)c2cc3c(cc2C)NC(=O)CO3)cc1. The van der Waals surface area contributed by atoms with E-state index in [-0.39, 0.29) is 29.7 Å². The molecule has 0 fully saturated rings. The van der Waals surface area contributed by atoms with Gasteiger partial charge in [-0.15, -0.1) is 0 Å². The van der Waals surface area contributed by atoms with Gasteiger partial charge in [0.05, 0.1) is 22.9 Å². The number of sulfone groups is 1. The van der Waals surface area contributed by atoms with E-state index in [1.54, 1.807) is 32.2 Å². The standard InChI is InChI=1S/C21H24N2O6S/c1-13-8-17-18(29-12-21(25)23-17)10-19(13)30(26,27)14(2)9-20(24)22-11-15-4-6-16(28-3)7-5-15/h4-8,10,14H,9,11-12H2,1-3H3,(H,22,24)(H,23,25)/t14-/m1/s1. The predicted molar refractivity (Wildman–Crippen MR) is 111 cm³/mol. The molecule has 0 aromatic heterocycles. The molecular formula is C21H24N2O6S. The van der Waals surface area contributed by atoms with Gasteiger partial charge >= 0.3 is 0 Å². The molecule has 9 heteroatoms. The van der Waals surface area contributed by atoms with E-state index in [4.69, 9.17) is 9.47 Å². The van der Waals surface area contributed by atoms with Gasteiger partial charge in [-0.05, 0) is 43.2 Å². The Morgan fingerprint density at radius 2 is 1.97 bits per heavy atom. The zero-order valence-corrected chi connectivity index (χ0v) is 17.8. The minimum atomic E-state index is -3.77. The maximum Gasteiger partial charge on any atom is 0.262 e. The number of benzene rings is 2. The molecule has 0 saturated carbocycles. The van der Waals surface area contributed by atoms with E-state index in [9.17, 15) is 18.0 Å². The van der Waals surface area contributed by atoms with Gasteiger partial charge in [0, 0.05) is 19.0 Å². The van der Waals surface area contributed by atoms with Crippen molar-refractivity contribution in [2.45, 2.75) is 37.0 Å². The molecule has 160 valence electrons. The Morgan fingerprint density at radius 1 is 1.27 bits per heavy atom. The summed E-state index contributed by atoms with van der Waals surface area (Å²) >= 11 is 0. The van der Waals surface area contributed by atoms with E-state index >= 15 is 0 Å². The van der Waals surface area contributed by atoms with E-state index in [1.165, 1.54) is 13.0 Å². The van der Waals surface area contributed by atoms with Crippen LogP contribution in [0.25, 0.3) is 0 Å². The normalized spacial score (nSPS) is 14.2. The summed E-state index contributed by atoms with van der Waals surface area (Å²) in [4.78, 5) is 23.8. The number of amides is 2. The fourth-order valence-corrected chi connectivity index (χ4v) is 4.71. The summed E-state index contributed by atoms with van der Waals surface area (Å²) in [5.41, 5.74) is 1.79. The molecule has 1 aliphatic rings. The molecule has 2 amide bonds. The van der Waals surface area contributed by atoms with Gasteiger partial charge < -0.3 is 20.1 Å². The van der Waals surface area contributed by atoms with Crippen LogP contribution in [0.2, 0.25) is 0 Å². The van der Waals surface area contributed by atoms with Crippen molar-refractivity contribution in [2.24, 2.45) is 0 Å². The van der Waals surface area contributed by atoms with Gasteiger partial charge in [-0.1, -0.05) is 12.1 Å². The van der Waals surface area contributed by atoms with E-state index < -0.39 is 15.1 Å². The molecule has 0 unspecified atom stereocenters. The van der Waals surface area contributed by atoms with Crippen LogP contribution in [0.4, 0.5) is 5.69 Å². The lowest BCUT2D eigenvalue weighted by atomic mass is 10.2. The number of hydrogen-bond donors (Lipinski definition) is 2. The van der Waals surface area contributed by atoms with Crippen LogP contribution in [-0.4, -0.2) is 39.2 Å². The van der Waals surface area contributed by atoms with Gasteiger partial charge in [0.2, 0.25) is 5.91 Å². The highest BCUT2D eigenvalue weighted by Crippen LogP contribution is 2.34. The van der Waals surface area contributed by atoms with E-state index in [0.29, 0.717) is 29.3 Å². The van der Waals surface area contributed by atoms with Gasteiger partial charge in [0.25, 0.3) is 5.91 Å². The van der Waals surface area contributed by atoms with Crippen LogP contribution in [0.5, 0.6) is 11.5 Å². The number of ether oxygens (including phenoxy) is 2. The summed E-state index contributed by atoms with van der Waals surface area (Å²) in [6, 6.07) is 10.2. The van der Waals surface area contributed by atoms with Crippen molar-refractivity contribution in [2.75, 3.05) is 19.0 Å². The van der Waals surface area contributed by atoms with Gasteiger partial charge in [-0.25, -0.2) is 8.42 Å².